The summed E-state index contributed by atoms with van der Waals surface area (Å²) in [5.41, 5.74) is -0.433. The van der Waals surface area contributed by atoms with Gasteiger partial charge >= 0.3 is 18.2 Å². The van der Waals surface area contributed by atoms with Crippen molar-refractivity contribution in [2.75, 3.05) is 19.7 Å². The maximum Gasteiger partial charge on any atom is 0.522 e. The Balaban J connectivity index is 1.49. The topological polar surface area (TPSA) is 134 Å². The van der Waals surface area contributed by atoms with Crippen LogP contribution in [0.15, 0.2) is 0 Å². The van der Waals surface area contributed by atoms with Gasteiger partial charge in [-0.3, -0.25) is 28.7 Å². The summed E-state index contributed by atoms with van der Waals surface area (Å²) in [6.07, 6.45) is -1.09. The first-order chi connectivity index (χ1) is 16.9. The average molecular weight is 517 g/mol. The van der Waals surface area contributed by atoms with E-state index in [1.54, 1.807) is 0 Å². The number of nitrogens with one attached hydrogen (secondary N) is 3. The van der Waals surface area contributed by atoms with Crippen LogP contribution in [-0.4, -0.2) is 78.0 Å². The smallest absolute Gasteiger partial charge is 0.356 e. The molecule has 10 nitrogen and oxygen atoms in total. The number of hydrogen-bond donors (Lipinski definition) is 3. The van der Waals surface area contributed by atoms with Crippen molar-refractivity contribution in [1.29, 1.82) is 0 Å². The molecule has 2 saturated heterocycles. The predicted octanol–water partition coefficient (Wildman–Crippen LogP) is 0.399. The lowest BCUT2D eigenvalue weighted by Gasteiger charge is -2.29. The van der Waals surface area contributed by atoms with Gasteiger partial charge in [0.15, 0.2) is 5.78 Å². The standard InChI is InChI=1S/C23H31F3N4O6/c1-22(6-7-22)29-20(34)21(35)30-10-13-3-2-4-14(13)17(30)19(33)28-15(9-12-5-8-27-18(12)32)16(31)11-36-23(24,25)26/h12-15,17H,2-11H2,1H3,(H,27,32)(H,28,33)(H,29,34). The SMILES string of the molecule is CC1(NC(=O)C(=O)N2CC3CCCC3C2C(=O)NC(CC2CCNC2=O)C(=O)COC(F)(F)F)CC1. The number of fused-ring (bicyclic) bond motifs is 1. The number of ether oxygens (including phenoxy) is 1. The van der Waals surface area contributed by atoms with Crippen molar-refractivity contribution < 1.29 is 41.9 Å². The van der Waals surface area contributed by atoms with E-state index in [0.717, 1.165) is 25.7 Å². The Hall–Kier alpha value is -2.70. The molecule has 4 amide bonds. The van der Waals surface area contributed by atoms with Gasteiger partial charge in [0.2, 0.25) is 11.8 Å². The third kappa shape index (κ3) is 5.98. The molecule has 4 fully saturated rings. The van der Waals surface area contributed by atoms with Gasteiger partial charge in [-0.25, -0.2) is 0 Å². The summed E-state index contributed by atoms with van der Waals surface area (Å²) >= 11 is 0. The molecule has 2 aliphatic carbocycles. The molecule has 5 atom stereocenters. The van der Waals surface area contributed by atoms with Crippen LogP contribution >= 0.6 is 0 Å². The van der Waals surface area contributed by atoms with Gasteiger partial charge in [0.1, 0.15) is 12.6 Å². The number of alkyl halides is 3. The van der Waals surface area contributed by atoms with Crippen LogP contribution in [-0.2, 0) is 28.7 Å². The van der Waals surface area contributed by atoms with Crippen molar-refractivity contribution >= 4 is 29.4 Å². The number of halogens is 3. The molecule has 13 heteroatoms. The zero-order valence-electron chi connectivity index (χ0n) is 20.0. The van der Waals surface area contributed by atoms with Crippen LogP contribution in [0.4, 0.5) is 13.2 Å². The van der Waals surface area contributed by atoms with Gasteiger partial charge in [-0.1, -0.05) is 6.42 Å². The van der Waals surface area contributed by atoms with Crippen molar-refractivity contribution in [3.05, 3.63) is 0 Å². The molecule has 3 N–H and O–H groups in total. The molecule has 0 aromatic carbocycles. The number of likely N-dealkylation sites (tertiary alicyclic amines) is 1. The molecule has 2 aliphatic heterocycles. The quantitative estimate of drug-likeness (QED) is 0.400. The largest absolute Gasteiger partial charge is 0.522 e. The van der Waals surface area contributed by atoms with Crippen molar-refractivity contribution in [3.8, 4) is 0 Å². The fraction of sp³-hybridized carbons (Fsp3) is 0.783. The summed E-state index contributed by atoms with van der Waals surface area (Å²) in [5.74, 6) is -4.61. The van der Waals surface area contributed by atoms with E-state index in [1.165, 1.54) is 4.90 Å². The summed E-state index contributed by atoms with van der Waals surface area (Å²) in [4.78, 5) is 64.9. The third-order valence-corrected chi connectivity index (χ3v) is 7.80. The maximum absolute atomic E-state index is 13.4. The first-order valence-corrected chi connectivity index (χ1v) is 12.3. The second-order valence-electron chi connectivity index (χ2n) is 10.5. The van der Waals surface area contributed by atoms with Crippen molar-refractivity contribution in [2.24, 2.45) is 17.8 Å². The Kier molecular flexibility index (Phi) is 7.31. The minimum Gasteiger partial charge on any atom is -0.356 e. The van der Waals surface area contributed by atoms with Crippen LogP contribution in [0.2, 0.25) is 0 Å². The van der Waals surface area contributed by atoms with Gasteiger partial charge in [0.05, 0.1) is 6.04 Å². The van der Waals surface area contributed by atoms with Crippen LogP contribution < -0.4 is 16.0 Å². The van der Waals surface area contributed by atoms with E-state index < -0.39 is 60.0 Å². The Morgan fingerprint density at radius 3 is 2.53 bits per heavy atom. The van der Waals surface area contributed by atoms with Gasteiger partial charge in [-0.05, 0) is 57.3 Å². The molecule has 0 aromatic heterocycles. The predicted molar refractivity (Wildman–Crippen MR) is 117 cm³/mol. The molecule has 4 rings (SSSR count). The van der Waals surface area contributed by atoms with Gasteiger partial charge in [-0.2, -0.15) is 0 Å². The molecule has 0 radical (unpaired) electrons. The van der Waals surface area contributed by atoms with E-state index in [1.807, 2.05) is 6.92 Å². The summed E-state index contributed by atoms with van der Waals surface area (Å²) in [5, 5.41) is 7.79. The first-order valence-electron chi connectivity index (χ1n) is 12.3. The molecule has 2 saturated carbocycles. The minimum absolute atomic E-state index is 0.0114. The second-order valence-corrected chi connectivity index (χ2v) is 10.5. The Morgan fingerprint density at radius 1 is 1.19 bits per heavy atom. The van der Waals surface area contributed by atoms with Gasteiger partial charge in [-0.15, -0.1) is 13.2 Å². The summed E-state index contributed by atoms with van der Waals surface area (Å²) in [6.45, 7) is 1.08. The van der Waals surface area contributed by atoms with E-state index in [9.17, 15) is 37.1 Å². The molecule has 4 aliphatic rings. The van der Waals surface area contributed by atoms with E-state index in [0.29, 0.717) is 19.4 Å². The van der Waals surface area contributed by atoms with Gasteiger partial charge < -0.3 is 20.9 Å². The lowest BCUT2D eigenvalue weighted by molar-refractivity contribution is -0.321. The number of amides is 4. The Labute approximate surface area is 206 Å². The van der Waals surface area contributed by atoms with E-state index in [4.69, 9.17) is 0 Å². The fourth-order valence-corrected chi connectivity index (χ4v) is 5.56. The molecule has 2 heterocycles. The van der Waals surface area contributed by atoms with Crippen LogP contribution in [0.5, 0.6) is 0 Å². The Morgan fingerprint density at radius 2 is 1.92 bits per heavy atom. The normalized spacial score (nSPS) is 29.3. The minimum atomic E-state index is -5.04. The lowest BCUT2D eigenvalue weighted by atomic mass is 9.92. The zero-order valence-corrected chi connectivity index (χ0v) is 20.0. The monoisotopic (exact) mass is 516 g/mol. The van der Waals surface area contributed by atoms with Crippen molar-refractivity contribution in [3.63, 3.8) is 0 Å². The molecule has 0 spiro atoms. The fourth-order valence-electron chi connectivity index (χ4n) is 5.56. The molecular weight excluding hydrogens is 485 g/mol. The highest BCUT2D eigenvalue weighted by molar-refractivity contribution is 6.35. The average Bonchev–Trinajstić information content (AvgIpc) is 3.12. The molecule has 36 heavy (non-hydrogen) atoms. The molecule has 0 bridgehead atoms. The zero-order chi connectivity index (χ0) is 26.3. The molecule has 0 aromatic rings. The van der Waals surface area contributed by atoms with E-state index in [2.05, 4.69) is 20.7 Å². The van der Waals surface area contributed by atoms with Crippen molar-refractivity contribution in [1.82, 2.24) is 20.9 Å². The summed E-state index contributed by atoms with van der Waals surface area (Å²) in [7, 11) is 0. The van der Waals surface area contributed by atoms with Crippen molar-refractivity contribution in [2.45, 2.75) is 75.9 Å². The summed E-state index contributed by atoms with van der Waals surface area (Å²) < 4.78 is 41.3. The van der Waals surface area contributed by atoms with Gasteiger partial charge in [0, 0.05) is 24.5 Å². The van der Waals surface area contributed by atoms with Gasteiger partial charge in [0.25, 0.3) is 0 Å². The molecule has 200 valence electrons. The number of rotatable bonds is 8. The van der Waals surface area contributed by atoms with Crippen LogP contribution in [0.25, 0.3) is 0 Å². The Bertz CT molecular complexity index is 937. The highest BCUT2D eigenvalue weighted by Gasteiger charge is 2.52. The van der Waals surface area contributed by atoms with E-state index in [-0.39, 0.29) is 30.7 Å². The third-order valence-electron chi connectivity index (χ3n) is 7.80. The number of ketones is 1. The number of carbonyl (C=O) groups excluding carboxylic acids is 5. The molecule has 5 unspecified atom stereocenters. The lowest BCUT2D eigenvalue weighted by Crippen LogP contribution is -2.56. The molecular formula is C23H31F3N4O6. The summed E-state index contributed by atoms with van der Waals surface area (Å²) in [6, 6.07) is -2.44. The number of hydrogen-bond acceptors (Lipinski definition) is 6. The first kappa shape index (κ1) is 26.4. The van der Waals surface area contributed by atoms with E-state index >= 15 is 0 Å². The second kappa shape index (κ2) is 9.98. The maximum atomic E-state index is 13.4. The number of Topliss-reactive ketones (excluding diaryl/α,β-unsaturated/α-hetero) is 1. The van der Waals surface area contributed by atoms with Crippen LogP contribution in [0.3, 0.4) is 0 Å². The number of nitrogens with zero attached hydrogens (tertiary/aromatic N) is 1. The highest BCUT2D eigenvalue weighted by atomic mass is 19.4. The van der Waals surface area contributed by atoms with Crippen LogP contribution in [0, 0.1) is 17.8 Å². The van der Waals surface area contributed by atoms with Crippen LogP contribution in [0.1, 0.15) is 51.9 Å². The number of carbonyl (C=O) groups is 5. The highest BCUT2D eigenvalue weighted by Crippen LogP contribution is 2.42.